The fourth-order valence-electron chi connectivity index (χ4n) is 1.39. The van der Waals surface area contributed by atoms with Crippen molar-refractivity contribution in [1.29, 1.82) is 0 Å². The zero-order chi connectivity index (χ0) is 8.27. The van der Waals surface area contributed by atoms with Gasteiger partial charge in [-0.05, 0) is 38.7 Å². The van der Waals surface area contributed by atoms with Gasteiger partial charge in [-0.1, -0.05) is 29.9 Å². The van der Waals surface area contributed by atoms with E-state index >= 15 is 0 Å². The van der Waals surface area contributed by atoms with Crippen LogP contribution in [0.1, 0.15) is 33.1 Å². The molecule has 0 unspecified atom stereocenters. The monoisotopic (exact) mass is 148 g/mol. The highest BCUT2D eigenvalue weighted by atomic mass is 14.1. The Morgan fingerprint density at radius 1 is 1.45 bits per heavy atom. The van der Waals surface area contributed by atoms with Crippen LogP contribution in [0.4, 0.5) is 0 Å². The molecule has 0 bridgehead atoms. The van der Waals surface area contributed by atoms with Gasteiger partial charge in [-0.15, -0.1) is 0 Å². The molecule has 1 rings (SSSR count). The van der Waals surface area contributed by atoms with Crippen molar-refractivity contribution in [3.8, 4) is 0 Å². The third-order valence-electron chi connectivity index (χ3n) is 2.01. The Morgan fingerprint density at radius 2 is 2.09 bits per heavy atom. The maximum atomic E-state index is 3.92. The standard InChI is InChI=1S/C11H16/c1-9(2)8-11-7-5-4-6-10(11)3/h6-7H,1,4-5,8H2,2-3H3. The fourth-order valence-corrected chi connectivity index (χ4v) is 1.39. The molecule has 60 valence electrons. The predicted octanol–water partition coefficient (Wildman–Crippen LogP) is 3.62. The molecular formula is C11H16. The van der Waals surface area contributed by atoms with Gasteiger partial charge in [0, 0.05) is 0 Å². The lowest BCUT2D eigenvalue weighted by molar-refractivity contribution is 0.959. The van der Waals surface area contributed by atoms with E-state index in [9.17, 15) is 0 Å². The van der Waals surface area contributed by atoms with Crippen LogP contribution in [0.3, 0.4) is 0 Å². The minimum Gasteiger partial charge on any atom is -0.0998 e. The molecule has 0 N–H and O–H groups in total. The molecular weight excluding hydrogens is 132 g/mol. The summed E-state index contributed by atoms with van der Waals surface area (Å²) in [6, 6.07) is 0. The maximum Gasteiger partial charge on any atom is -0.00732 e. The summed E-state index contributed by atoms with van der Waals surface area (Å²) < 4.78 is 0. The first-order valence-electron chi connectivity index (χ1n) is 4.20. The van der Waals surface area contributed by atoms with Gasteiger partial charge in [0.2, 0.25) is 0 Å². The number of hydrogen-bond donors (Lipinski definition) is 0. The van der Waals surface area contributed by atoms with Crippen molar-refractivity contribution in [2.45, 2.75) is 33.1 Å². The van der Waals surface area contributed by atoms with Gasteiger partial charge in [-0.2, -0.15) is 0 Å². The highest BCUT2D eigenvalue weighted by Gasteiger charge is 2.03. The first-order valence-corrected chi connectivity index (χ1v) is 4.20. The van der Waals surface area contributed by atoms with Crippen LogP contribution in [-0.4, -0.2) is 0 Å². The summed E-state index contributed by atoms with van der Waals surface area (Å²) in [7, 11) is 0. The van der Waals surface area contributed by atoms with E-state index in [2.05, 4.69) is 32.6 Å². The molecule has 0 heterocycles. The molecule has 0 saturated carbocycles. The van der Waals surface area contributed by atoms with Gasteiger partial charge in [-0.25, -0.2) is 0 Å². The Hall–Kier alpha value is -0.780. The summed E-state index contributed by atoms with van der Waals surface area (Å²) in [5.41, 5.74) is 4.17. The summed E-state index contributed by atoms with van der Waals surface area (Å²) in [6.45, 7) is 8.19. The molecule has 0 amide bonds. The first-order chi connectivity index (χ1) is 5.20. The largest absolute Gasteiger partial charge is 0.0998 e. The van der Waals surface area contributed by atoms with Crippen LogP contribution in [0, 0.1) is 0 Å². The van der Waals surface area contributed by atoms with E-state index in [1.54, 1.807) is 0 Å². The normalized spacial score (nSPS) is 17.3. The Balaban J connectivity index is 2.63. The molecule has 0 saturated heterocycles. The first kappa shape index (κ1) is 8.32. The smallest absolute Gasteiger partial charge is 0.00732 e. The van der Waals surface area contributed by atoms with Gasteiger partial charge >= 0.3 is 0 Å². The van der Waals surface area contributed by atoms with E-state index in [1.807, 2.05) is 0 Å². The molecule has 0 aromatic heterocycles. The molecule has 0 aromatic rings. The molecule has 0 nitrogen and oxygen atoms in total. The predicted molar refractivity (Wildman–Crippen MR) is 50.5 cm³/mol. The molecule has 0 atom stereocenters. The van der Waals surface area contributed by atoms with Gasteiger partial charge < -0.3 is 0 Å². The van der Waals surface area contributed by atoms with Gasteiger partial charge in [0.1, 0.15) is 0 Å². The van der Waals surface area contributed by atoms with Gasteiger partial charge in [0.15, 0.2) is 0 Å². The summed E-state index contributed by atoms with van der Waals surface area (Å²) >= 11 is 0. The Bertz CT molecular complexity index is 216. The van der Waals surface area contributed by atoms with Crippen LogP contribution in [0.25, 0.3) is 0 Å². The maximum absolute atomic E-state index is 3.92. The van der Waals surface area contributed by atoms with Gasteiger partial charge in [0.25, 0.3) is 0 Å². The third kappa shape index (κ3) is 2.38. The van der Waals surface area contributed by atoms with Crippen LogP contribution in [-0.2, 0) is 0 Å². The van der Waals surface area contributed by atoms with Crippen molar-refractivity contribution < 1.29 is 0 Å². The van der Waals surface area contributed by atoms with E-state index in [0.717, 1.165) is 6.42 Å². The van der Waals surface area contributed by atoms with Crippen molar-refractivity contribution in [2.75, 3.05) is 0 Å². The van der Waals surface area contributed by atoms with Gasteiger partial charge in [0.05, 0.1) is 0 Å². The van der Waals surface area contributed by atoms with Crippen molar-refractivity contribution in [1.82, 2.24) is 0 Å². The summed E-state index contributed by atoms with van der Waals surface area (Å²) in [5, 5.41) is 0. The van der Waals surface area contributed by atoms with Crippen LogP contribution in [0.15, 0.2) is 35.5 Å². The van der Waals surface area contributed by atoms with E-state index in [1.165, 1.54) is 29.6 Å². The Kier molecular flexibility index (Phi) is 2.70. The van der Waals surface area contributed by atoms with Crippen molar-refractivity contribution in [3.05, 3.63) is 35.5 Å². The molecule has 0 aromatic carbocycles. The van der Waals surface area contributed by atoms with Crippen LogP contribution in [0.5, 0.6) is 0 Å². The number of rotatable bonds is 2. The number of hydrogen-bond acceptors (Lipinski definition) is 0. The minimum atomic E-state index is 1.06. The summed E-state index contributed by atoms with van der Waals surface area (Å²) in [5.74, 6) is 0. The van der Waals surface area contributed by atoms with Crippen molar-refractivity contribution >= 4 is 0 Å². The Labute approximate surface area is 69.3 Å². The zero-order valence-electron chi connectivity index (χ0n) is 7.48. The molecule has 1 aliphatic carbocycles. The second-order valence-corrected chi connectivity index (χ2v) is 3.33. The fraction of sp³-hybridized carbons (Fsp3) is 0.455. The van der Waals surface area contributed by atoms with Crippen molar-refractivity contribution in [3.63, 3.8) is 0 Å². The van der Waals surface area contributed by atoms with Crippen LogP contribution >= 0.6 is 0 Å². The van der Waals surface area contributed by atoms with Crippen molar-refractivity contribution in [2.24, 2.45) is 0 Å². The third-order valence-corrected chi connectivity index (χ3v) is 2.01. The summed E-state index contributed by atoms with van der Waals surface area (Å²) in [4.78, 5) is 0. The average Bonchev–Trinajstić information content (AvgIpc) is 1.93. The van der Waals surface area contributed by atoms with Gasteiger partial charge in [-0.3, -0.25) is 0 Å². The SMILES string of the molecule is C=C(C)CC1=CCCC=C1C. The molecule has 0 spiro atoms. The Morgan fingerprint density at radius 3 is 2.64 bits per heavy atom. The van der Waals surface area contributed by atoms with E-state index < -0.39 is 0 Å². The average molecular weight is 148 g/mol. The summed E-state index contributed by atoms with van der Waals surface area (Å²) in [6.07, 6.45) is 8.14. The molecule has 0 radical (unpaired) electrons. The minimum absolute atomic E-state index is 1.06. The van der Waals surface area contributed by atoms with Crippen LogP contribution in [0.2, 0.25) is 0 Å². The highest BCUT2D eigenvalue weighted by molar-refractivity contribution is 5.34. The lowest BCUT2D eigenvalue weighted by atomic mass is 9.94. The van der Waals surface area contributed by atoms with E-state index in [0.29, 0.717) is 0 Å². The second kappa shape index (κ2) is 3.56. The molecule has 0 aliphatic heterocycles. The molecule has 11 heavy (non-hydrogen) atoms. The number of allylic oxidation sites excluding steroid dienone is 5. The highest BCUT2D eigenvalue weighted by Crippen LogP contribution is 2.23. The molecule has 0 fully saturated rings. The van der Waals surface area contributed by atoms with E-state index in [4.69, 9.17) is 0 Å². The molecule has 1 aliphatic rings. The second-order valence-electron chi connectivity index (χ2n) is 3.33. The lowest BCUT2D eigenvalue weighted by Crippen LogP contribution is -1.92. The van der Waals surface area contributed by atoms with E-state index in [-0.39, 0.29) is 0 Å². The lowest BCUT2D eigenvalue weighted by Gasteiger charge is -2.12. The topological polar surface area (TPSA) is 0 Å². The zero-order valence-corrected chi connectivity index (χ0v) is 7.48. The quantitative estimate of drug-likeness (QED) is 0.525. The van der Waals surface area contributed by atoms with Crippen LogP contribution < -0.4 is 0 Å². The molecule has 0 heteroatoms.